The summed E-state index contributed by atoms with van der Waals surface area (Å²) in [5, 5.41) is 0. The molecule has 0 fully saturated rings. The Morgan fingerprint density at radius 2 is 2.00 bits per heavy atom. The topological polar surface area (TPSA) is 61.8 Å². The number of likely N-dealkylation sites (N-methyl/N-ethyl adjacent to an activating group) is 1. The van der Waals surface area contributed by atoms with Gasteiger partial charge in [0.1, 0.15) is 0 Å². The Bertz CT molecular complexity index is 176. The van der Waals surface area contributed by atoms with Gasteiger partial charge in [-0.1, -0.05) is 6.92 Å². The van der Waals surface area contributed by atoms with E-state index in [-0.39, 0.29) is 13.2 Å². The fourth-order valence-electron chi connectivity index (χ4n) is 0.662. The molecule has 0 aliphatic rings. The lowest BCUT2D eigenvalue weighted by Gasteiger charge is -2.23. The molecule has 0 heterocycles. The second-order valence-corrected chi connectivity index (χ2v) is 4.00. The molecular weight excluding hydrogens is 193 g/mol. The third-order valence-electron chi connectivity index (χ3n) is 1.55. The van der Waals surface area contributed by atoms with Crippen LogP contribution in [0.1, 0.15) is 13.8 Å². The van der Waals surface area contributed by atoms with Gasteiger partial charge in [0.2, 0.25) is 0 Å². The van der Waals surface area contributed by atoms with Gasteiger partial charge in [0, 0.05) is 6.54 Å². The first kappa shape index (κ1) is 13.1. The van der Waals surface area contributed by atoms with Crippen LogP contribution >= 0.6 is 7.82 Å². The molecule has 1 atom stereocenters. The summed E-state index contributed by atoms with van der Waals surface area (Å²) in [5.74, 6) is 0. The van der Waals surface area contributed by atoms with Crippen LogP contribution in [0.5, 0.6) is 0 Å². The van der Waals surface area contributed by atoms with Crippen molar-refractivity contribution in [2.24, 2.45) is 0 Å². The fraction of sp³-hybridized carbons (Fsp3) is 1.00. The molecule has 0 saturated heterocycles. The van der Waals surface area contributed by atoms with Crippen LogP contribution in [0, 0.1) is 0 Å². The molecule has 6 heteroatoms. The van der Waals surface area contributed by atoms with E-state index >= 15 is 0 Å². The van der Waals surface area contributed by atoms with Crippen LogP contribution in [-0.4, -0.2) is 38.3 Å². The van der Waals surface area contributed by atoms with Gasteiger partial charge in [-0.25, -0.2) is 0 Å². The molecule has 0 aliphatic carbocycles. The number of hydrogen-bond donors (Lipinski definition) is 0. The number of nitrogens with zero attached hydrogens (tertiary/aromatic N) is 1. The molecule has 0 rings (SSSR count). The zero-order valence-corrected chi connectivity index (χ0v) is 9.25. The zero-order valence-electron chi connectivity index (χ0n) is 8.36. The molecule has 80 valence electrons. The van der Waals surface area contributed by atoms with Crippen LogP contribution in [-0.2, 0) is 13.6 Å². The molecule has 13 heavy (non-hydrogen) atoms. The van der Waals surface area contributed by atoms with Crippen molar-refractivity contribution in [3.8, 4) is 0 Å². The summed E-state index contributed by atoms with van der Waals surface area (Å²) < 4.78 is 19.8. The van der Waals surface area contributed by atoms with E-state index in [9.17, 15) is 9.46 Å². The van der Waals surface area contributed by atoms with Gasteiger partial charge in [0.25, 0.3) is 7.82 Å². The largest absolute Gasteiger partial charge is 0.756 e. The molecule has 0 saturated carbocycles. The second kappa shape index (κ2) is 6.51. The van der Waals surface area contributed by atoms with Crippen molar-refractivity contribution in [3.63, 3.8) is 0 Å². The van der Waals surface area contributed by atoms with E-state index in [0.29, 0.717) is 6.54 Å². The van der Waals surface area contributed by atoms with Crippen LogP contribution in [0.3, 0.4) is 0 Å². The lowest BCUT2D eigenvalue weighted by atomic mass is 10.6. The van der Waals surface area contributed by atoms with Crippen LogP contribution in [0.15, 0.2) is 0 Å². The smallest absolute Gasteiger partial charge is 0.267 e. The molecule has 0 radical (unpaired) electrons. The van der Waals surface area contributed by atoms with Crippen molar-refractivity contribution >= 4 is 7.82 Å². The number of hydrogen-bond acceptors (Lipinski definition) is 5. The lowest BCUT2D eigenvalue weighted by Crippen LogP contribution is -2.23. The maximum atomic E-state index is 10.9. The molecule has 0 aromatic heterocycles. The molecule has 0 amide bonds. The minimum Gasteiger partial charge on any atom is -0.756 e. The maximum Gasteiger partial charge on any atom is 0.267 e. The summed E-state index contributed by atoms with van der Waals surface area (Å²) in [7, 11) is -2.15. The Hall–Kier alpha value is 0.0700. The standard InChI is InChI=1S/C7H18NO4P/c1-4-8(3)6-7-12-13(9,10)11-5-2/h4-7H2,1-3H3,(H,9,10)/p-1. The van der Waals surface area contributed by atoms with E-state index in [1.54, 1.807) is 6.92 Å². The molecule has 0 aliphatic heterocycles. The van der Waals surface area contributed by atoms with Crippen molar-refractivity contribution in [3.05, 3.63) is 0 Å². The van der Waals surface area contributed by atoms with E-state index in [0.717, 1.165) is 6.54 Å². The molecule has 0 N–H and O–H groups in total. The molecule has 1 unspecified atom stereocenters. The van der Waals surface area contributed by atoms with Gasteiger partial charge >= 0.3 is 0 Å². The monoisotopic (exact) mass is 210 g/mol. The predicted molar refractivity (Wildman–Crippen MR) is 48.4 cm³/mol. The second-order valence-electron chi connectivity index (χ2n) is 2.59. The van der Waals surface area contributed by atoms with Gasteiger partial charge < -0.3 is 18.8 Å². The predicted octanol–water partition coefficient (Wildman–Crippen LogP) is 0.460. The molecule has 0 aromatic carbocycles. The molecule has 0 aromatic rings. The van der Waals surface area contributed by atoms with Gasteiger partial charge in [0.05, 0.1) is 13.2 Å². The third-order valence-corrected chi connectivity index (χ3v) is 2.62. The zero-order chi connectivity index (χ0) is 10.3. The fourth-order valence-corrected chi connectivity index (χ4v) is 1.36. The normalized spacial score (nSPS) is 16.1. The molecule has 5 nitrogen and oxygen atoms in total. The molecular formula is C7H17NO4P-. The molecule has 0 spiro atoms. The van der Waals surface area contributed by atoms with E-state index in [4.69, 9.17) is 0 Å². The highest BCUT2D eigenvalue weighted by Gasteiger charge is 2.07. The first-order chi connectivity index (χ1) is 6.02. The average molecular weight is 210 g/mol. The Labute approximate surface area is 79.3 Å². The first-order valence-electron chi connectivity index (χ1n) is 4.30. The van der Waals surface area contributed by atoms with Gasteiger partial charge in [0.15, 0.2) is 0 Å². The summed E-state index contributed by atoms with van der Waals surface area (Å²) in [5.41, 5.74) is 0. The SMILES string of the molecule is CCOP(=O)([O-])OCCN(C)CC. The average Bonchev–Trinajstić information content (AvgIpc) is 2.03. The summed E-state index contributed by atoms with van der Waals surface area (Å²) >= 11 is 0. The van der Waals surface area contributed by atoms with E-state index in [1.165, 1.54) is 0 Å². The number of phosphoric ester groups is 1. The van der Waals surface area contributed by atoms with Gasteiger partial charge in [-0.2, -0.15) is 0 Å². The van der Waals surface area contributed by atoms with E-state index in [2.05, 4.69) is 9.05 Å². The van der Waals surface area contributed by atoms with Crippen LogP contribution < -0.4 is 4.89 Å². The lowest BCUT2D eigenvalue weighted by molar-refractivity contribution is -0.225. The Balaban J connectivity index is 3.57. The first-order valence-corrected chi connectivity index (χ1v) is 5.76. The van der Waals surface area contributed by atoms with Crippen molar-refractivity contribution in [2.75, 3.05) is 33.4 Å². The van der Waals surface area contributed by atoms with Crippen LogP contribution in [0.25, 0.3) is 0 Å². The summed E-state index contributed by atoms with van der Waals surface area (Å²) in [4.78, 5) is 12.8. The quantitative estimate of drug-likeness (QED) is 0.571. The molecule has 0 bridgehead atoms. The van der Waals surface area contributed by atoms with Gasteiger partial charge in [-0.05, 0) is 20.5 Å². The van der Waals surface area contributed by atoms with Crippen molar-refractivity contribution in [1.29, 1.82) is 0 Å². The highest BCUT2D eigenvalue weighted by molar-refractivity contribution is 7.45. The van der Waals surface area contributed by atoms with Gasteiger partial charge in [-0.3, -0.25) is 4.57 Å². The summed E-state index contributed by atoms with van der Waals surface area (Å²) in [6, 6.07) is 0. The van der Waals surface area contributed by atoms with E-state index < -0.39 is 7.82 Å². The Morgan fingerprint density at radius 1 is 1.38 bits per heavy atom. The highest BCUT2D eigenvalue weighted by atomic mass is 31.2. The van der Waals surface area contributed by atoms with Crippen molar-refractivity contribution < 1.29 is 18.5 Å². The summed E-state index contributed by atoms with van der Waals surface area (Å²) in [6.45, 7) is 5.29. The van der Waals surface area contributed by atoms with Crippen molar-refractivity contribution in [2.45, 2.75) is 13.8 Å². The van der Waals surface area contributed by atoms with Crippen molar-refractivity contribution in [1.82, 2.24) is 4.90 Å². The minimum atomic E-state index is -4.04. The Morgan fingerprint density at radius 3 is 2.46 bits per heavy atom. The number of phosphoric acid groups is 1. The van der Waals surface area contributed by atoms with E-state index in [1.807, 2.05) is 18.9 Å². The summed E-state index contributed by atoms with van der Waals surface area (Å²) in [6.07, 6.45) is 0. The highest BCUT2D eigenvalue weighted by Crippen LogP contribution is 2.37. The third kappa shape index (κ3) is 7.16. The van der Waals surface area contributed by atoms with Crippen LogP contribution in [0.2, 0.25) is 0 Å². The number of rotatable bonds is 7. The Kier molecular flexibility index (Phi) is 6.55. The minimum absolute atomic E-state index is 0.115. The maximum absolute atomic E-state index is 10.9. The van der Waals surface area contributed by atoms with Gasteiger partial charge in [-0.15, -0.1) is 0 Å². The van der Waals surface area contributed by atoms with Crippen LogP contribution in [0.4, 0.5) is 0 Å².